The summed E-state index contributed by atoms with van der Waals surface area (Å²) in [6.45, 7) is 6.45. The normalized spacial score (nSPS) is 22.1. The van der Waals surface area contributed by atoms with Crippen LogP contribution in [0.2, 0.25) is 0 Å². The number of aryl methyl sites for hydroxylation is 2. The number of anilines is 1. The van der Waals surface area contributed by atoms with Crippen LogP contribution >= 0.6 is 0 Å². The van der Waals surface area contributed by atoms with Gasteiger partial charge in [0.05, 0.1) is 18.3 Å². The first-order valence-corrected chi connectivity index (χ1v) is 7.28. The minimum atomic E-state index is -0.399. The van der Waals surface area contributed by atoms with E-state index in [2.05, 4.69) is 20.2 Å². The second kappa shape index (κ2) is 5.96. The number of morpholine rings is 1. The van der Waals surface area contributed by atoms with Crippen LogP contribution in [0.1, 0.15) is 37.4 Å². The summed E-state index contributed by atoms with van der Waals surface area (Å²) in [7, 11) is 0. The van der Waals surface area contributed by atoms with Crippen molar-refractivity contribution in [1.29, 1.82) is 0 Å². The maximum Gasteiger partial charge on any atom is 0.247 e. The van der Waals surface area contributed by atoms with Crippen molar-refractivity contribution in [3.05, 3.63) is 29.6 Å². The zero-order valence-corrected chi connectivity index (χ0v) is 12.8. The monoisotopic (exact) mass is 307 g/mol. The number of rotatable bonds is 3. The number of aromatic nitrogens is 4. The Bertz CT molecular complexity index is 662. The van der Waals surface area contributed by atoms with Crippen LogP contribution in [0.25, 0.3) is 0 Å². The van der Waals surface area contributed by atoms with Gasteiger partial charge in [-0.1, -0.05) is 6.92 Å². The number of nitrogens with zero attached hydrogens (tertiary/aromatic N) is 5. The lowest BCUT2D eigenvalue weighted by Crippen LogP contribution is -2.44. The third kappa shape index (κ3) is 2.78. The molecule has 0 N–H and O–H groups in total. The van der Waals surface area contributed by atoms with Crippen molar-refractivity contribution in [2.75, 3.05) is 18.0 Å². The molecule has 0 unspecified atom stereocenters. The molecule has 2 atom stereocenters. The molecule has 0 radical (unpaired) electrons. The first kappa shape index (κ1) is 14.8. The third-order valence-corrected chi connectivity index (χ3v) is 3.56. The average molecular weight is 307 g/mol. The first-order chi connectivity index (χ1) is 10.6. The van der Waals surface area contributed by atoms with E-state index in [9.17, 15) is 4.39 Å². The van der Waals surface area contributed by atoms with E-state index in [0.717, 1.165) is 0 Å². The summed E-state index contributed by atoms with van der Waals surface area (Å²) in [5.74, 6) is 0.798. The van der Waals surface area contributed by atoms with Gasteiger partial charge in [0.25, 0.3) is 0 Å². The summed E-state index contributed by atoms with van der Waals surface area (Å²) >= 11 is 0. The Labute approximate surface area is 127 Å². The molecule has 3 rings (SSSR count). The maximum absolute atomic E-state index is 14.5. The molecule has 22 heavy (non-hydrogen) atoms. The van der Waals surface area contributed by atoms with E-state index < -0.39 is 6.10 Å². The van der Waals surface area contributed by atoms with Crippen LogP contribution in [0.5, 0.6) is 0 Å². The Morgan fingerprint density at radius 1 is 1.32 bits per heavy atom. The average Bonchev–Trinajstić information content (AvgIpc) is 2.93. The summed E-state index contributed by atoms with van der Waals surface area (Å²) in [6.07, 6.45) is 1.41. The number of hydrogen-bond donors (Lipinski definition) is 0. The standard InChI is InChI=1S/C14H18FN5O2/c1-4-10-12(15)13(17-7-16-10)20-5-8(2)21-11(6-20)14-19-18-9(3)22-14/h7-8,11H,4-6H2,1-3H3/t8-,11-/m1/s1. The van der Waals surface area contributed by atoms with Crippen molar-refractivity contribution in [3.63, 3.8) is 0 Å². The molecule has 8 heteroatoms. The van der Waals surface area contributed by atoms with Crippen molar-refractivity contribution >= 4 is 5.82 Å². The number of hydrogen-bond acceptors (Lipinski definition) is 7. The first-order valence-electron chi connectivity index (χ1n) is 7.28. The van der Waals surface area contributed by atoms with Crippen molar-refractivity contribution in [2.24, 2.45) is 0 Å². The van der Waals surface area contributed by atoms with Crippen LogP contribution in [0.3, 0.4) is 0 Å². The fourth-order valence-electron chi connectivity index (χ4n) is 2.57. The second-order valence-corrected chi connectivity index (χ2v) is 5.31. The van der Waals surface area contributed by atoms with E-state index >= 15 is 0 Å². The molecule has 2 aromatic heterocycles. The topological polar surface area (TPSA) is 77.2 Å². The summed E-state index contributed by atoms with van der Waals surface area (Å²) < 4.78 is 25.7. The van der Waals surface area contributed by atoms with Crippen LogP contribution < -0.4 is 4.90 Å². The predicted octanol–water partition coefficient (Wildman–Crippen LogP) is 1.84. The van der Waals surface area contributed by atoms with Gasteiger partial charge in [0.15, 0.2) is 17.7 Å². The quantitative estimate of drug-likeness (QED) is 0.856. The van der Waals surface area contributed by atoms with Gasteiger partial charge in [-0.3, -0.25) is 0 Å². The molecule has 3 heterocycles. The largest absolute Gasteiger partial charge is 0.423 e. The lowest BCUT2D eigenvalue weighted by atomic mass is 10.2. The lowest BCUT2D eigenvalue weighted by molar-refractivity contribution is -0.0315. The molecule has 118 valence electrons. The fraction of sp³-hybridized carbons (Fsp3) is 0.571. The highest BCUT2D eigenvalue weighted by Gasteiger charge is 2.32. The number of halogens is 1. The third-order valence-electron chi connectivity index (χ3n) is 3.56. The van der Waals surface area contributed by atoms with Crippen LogP contribution in [0.15, 0.2) is 10.7 Å². The molecule has 0 aliphatic carbocycles. The molecule has 1 aliphatic rings. The molecule has 0 spiro atoms. The minimum Gasteiger partial charge on any atom is -0.423 e. The Hall–Kier alpha value is -2.09. The molecule has 1 saturated heterocycles. The highest BCUT2D eigenvalue weighted by Crippen LogP contribution is 2.28. The van der Waals surface area contributed by atoms with Crippen molar-refractivity contribution in [2.45, 2.75) is 39.4 Å². The minimum absolute atomic E-state index is 0.106. The predicted molar refractivity (Wildman–Crippen MR) is 75.9 cm³/mol. The molecule has 2 aromatic rings. The van der Waals surface area contributed by atoms with Gasteiger partial charge in [0.1, 0.15) is 6.33 Å². The van der Waals surface area contributed by atoms with Gasteiger partial charge in [-0.05, 0) is 13.3 Å². The van der Waals surface area contributed by atoms with Gasteiger partial charge in [-0.25, -0.2) is 14.4 Å². The highest BCUT2D eigenvalue weighted by molar-refractivity contribution is 5.42. The van der Waals surface area contributed by atoms with Crippen LogP contribution in [-0.4, -0.2) is 39.4 Å². The Morgan fingerprint density at radius 2 is 2.14 bits per heavy atom. The van der Waals surface area contributed by atoms with E-state index in [0.29, 0.717) is 42.8 Å². The van der Waals surface area contributed by atoms with Crippen LogP contribution in [0.4, 0.5) is 10.2 Å². The molecular weight excluding hydrogens is 289 g/mol. The van der Waals surface area contributed by atoms with E-state index in [1.54, 1.807) is 6.92 Å². The molecule has 1 aliphatic heterocycles. The van der Waals surface area contributed by atoms with E-state index in [4.69, 9.17) is 9.15 Å². The molecule has 0 saturated carbocycles. The smallest absolute Gasteiger partial charge is 0.247 e. The molecule has 0 amide bonds. The molecule has 7 nitrogen and oxygen atoms in total. The number of ether oxygens (including phenoxy) is 1. The highest BCUT2D eigenvalue weighted by atomic mass is 19.1. The van der Waals surface area contributed by atoms with Crippen molar-refractivity contribution in [3.8, 4) is 0 Å². The fourth-order valence-corrected chi connectivity index (χ4v) is 2.57. The van der Waals surface area contributed by atoms with Gasteiger partial charge < -0.3 is 14.1 Å². The lowest BCUT2D eigenvalue weighted by Gasteiger charge is -2.36. The van der Waals surface area contributed by atoms with Gasteiger partial charge in [0.2, 0.25) is 11.8 Å². The Kier molecular flexibility index (Phi) is 4.02. The molecule has 0 bridgehead atoms. The maximum atomic E-state index is 14.5. The molecule has 0 aromatic carbocycles. The van der Waals surface area contributed by atoms with Gasteiger partial charge >= 0.3 is 0 Å². The zero-order valence-electron chi connectivity index (χ0n) is 12.8. The van der Waals surface area contributed by atoms with Crippen LogP contribution in [0, 0.1) is 12.7 Å². The van der Waals surface area contributed by atoms with E-state index in [-0.39, 0.29) is 11.9 Å². The molecule has 1 fully saturated rings. The SMILES string of the molecule is CCc1ncnc(N2C[C@@H](C)O[C@@H](c3nnc(C)o3)C2)c1F. The summed E-state index contributed by atoms with van der Waals surface area (Å²) in [4.78, 5) is 9.90. The van der Waals surface area contributed by atoms with Gasteiger partial charge in [0, 0.05) is 13.5 Å². The van der Waals surface area contributed by atoms with Crippen molar-refractivity contribution in [1.82, 2.24) is 20.2 Å². The van der Waals surface area contributed by atoms with E-state index in [1.165, 1.54) is 6.33 Å². The summed E-state index contributed by atoms with van der Waals surface area (Å²) in [6, 6.07) is 0. The summed E-state index contributed by atoms with van der Waals surface area (Å²) in [5, 5.41) is 7.81. The zero-order chi connectivity index (χ0) is 15.7. The Balaban J connectivity index is 1.88. The molecular formula is C14H18FN5O2. The van der Waals surface area contributed by atoms with E-state index in [1.807, 2.05) is 18.7 Å². The van der Waals surface area contributed by atoms with Crippen LogP contribution in [-0.2, 0) is 11.2 Å². The van der Waals surface area contributed by atoms with Gasteiger partial charge in [-0.2, -0.15) is 0 Å². The Morgan fingerprint density at radius 3 is 2.82 bits per heavy atom. The van der Waals surface area contributed by atoms with Crippen molar-refractivity contribution < 1.29 is 13.5 Å². The summed E-state index contributed by atoms with van der Waals surface area (Å²) in [5.41, 5.74) is 0.411. The van der Waals surface area contributed by atoms with Gasteiger partial charge in [-0.15, -0.1) is 10.2 Å². The second-order valence-electron chi connectivity index (χ2n) is 5.31.